The molecule has 1 saturated heterocycles. The lowest BCUT2D eigenvalue weighted by atomic mass is 9.46. The van der Waals surface area contributed by atoms with Crippen molar-refractivity contribution in [2.75, 3.05) is 6.61 Å². The molecule has 0 bridgehead atoms. The van der Waals surface area contributed by atoms with Gasteiger partial charge in [-0.3, -0.25) is 0 Å². The number of fused-ring (bicyclic) bond motifs is 21. The Morgan fingerprint density at radius 1 is 0.284 bits per heavy atom. The molecule has 1 heterocycles. The Morgan fingerprint density at radius 2 is 0.664 bits per heavy atom. The van der Waals surface area contributed by atoms with Crippen molar-refractivity contribution in [3.8, 4) is 0 Å². The minimum atomic E-state index is 0.552. The highest BCUT2D eigenvalue weighted by atomic mass is 16.5. The normalized spacial score (nSPS) is 43.3. The predicted molar refractivity (Wildman–Crippen MR) is 500 cm³/mol. The molecule has 1 nitrogen and oxygen atoms in total. The lowest BCUT2D eigenvalue weighted by Crippen LogP contribution is -2.54. The number of hydrogen-bond donors (Lipinski definition) is 0. The first kappa shape index (κ1) is 88.2. The van der Waals surface area contributed by atoms with Crippen LogP contribution in [0.4, 0.5) is 0 Å². The van der Waals surface area contributed by atoms with Crippen LogP contribution in [0.25, 0.3) is 0 Å². The first-order valence-corrected chi connectivity index (χ1v) is 51.7. The Labute approximate surface area is 717 Å². The van der Waals surface area contributed by atoms with Crippen LogP contribution in [0.5, 0.6) is 0 Å². The average Bonchev–Trinajstić information content (AvgIpc) is 0.763. The van der Waals surface area contributed by atoms with Gasteiger partial charge in [-0.15, -0.1) is 0 Å². The van der Waals surface area contributed by atoms with Gasteiger partial charge in [0.1, 0.15) is 0 Å². The lowest BCUT2D eigenvalue weighted by molar-refractivity contribution is -0.163. The van der Waals surface area contributed by atoms with E-state index in [0.717, 1.165) is 89.5 Å². The molecule has 0 radical (unpaired) electrons. The van der Waals surface area contributed by atoms with E-state index in [1.807, 2.05) is 16.7 Å². The van der Waals surface area contributed by atoms with Crippen molar-refractivity contribution in [2.45, 2.75) is 451 Å². The van der Waals surface area contributed by atoms with E-state index < -0.39 is 0 Å². The van der Waals surface area contributed by atoms with Crippen molar-refractivity contribution >= 4 is 0 Å². The molecule has 648 valence electrons. The standard InChI is InChI=1S/3C17H28.2C17H26.C16H28O.C14H18/c5*1-16(2)11-6-12-17(3)14-8-5-4-7-13(14)9-10-15(16)17;1-15(2)9-5-10-16(3)12-6-4-11-17-13(12)7-8-14(15)16;1-3-7-13-11(5-1)9-10-12-6-2-4-8-14(12)13/h3*7,14-15H,4-6,8-12H2,1-3H3;2*4,7,9,14-15H,5-6,8,10-12H2,1-3H3;12-14H,4-11H2,1-3H3;1,3,5,7,12,14H,2,4,6,8-10H2/t14-,15?,17+;;;;;;/m1....../s1. The predicted octanol–water partition coefficient (Wildman–Crippen LogP) is 34.6. The van der Waals surface area contributed by atoms with Gasteiger partial charge in [0.05, 0.1) is 6.10 Å². The van der Waals surface area contributed by atoms with Gasteiger partial charge in [0.2, 0.25) is 0 Å². The first-order valence-electron chi connectivity index (χ1n) is 51.7. The second-order valence-electron chi connectivity index (χ2n) is 50.4. The van der Waals surface area contributed by atoms with Crippen LogP contribution < -0.4 is 0 Å². The van der Waals surface area contributed by atoms with Gasteiger partial charge in [-0.05, 0) is 433 Å². The quantitative estimate of drug-likeness (QED) is 0.235. The van der Waals surface area contributed by atoms with Gasteiger partial charge in [-0.2, -0.15) is 0 Å². The van der Waals surface area contributed by atoms with E-state index in [4.69, 9.17) is 4.74 Å². The summed E-state index contributed by atoms with van der Waals surface area (Å²) in [6.45, 7) is 46.9. The van der Waals surface area contributed by atoms with E-state index in [2.05, 4.69) is 204 Å². The lowest BCUT2D eigenvalue weighted by Gasteiger charge is -2.60. The van der Waals surface area contributed by atoms with E-state index in [0.29, 0.717) is 71.1 Å². The van der Waals surface area contributed by atoms with Gasteiger partial charge in [0.25, 0.3) is 0 Å². The Kier molecular flexibility index (Phi) is 26.7. The molecular formula is C115H182O. The maximum absolute atomic E-state index is 6.06. The van der Waals surface area contributed by atoms with Crippen LogP contribution in [0.2, 0.25) is 0 Å². The minimum absolute atomic E-state index is 0.552. The molecule has 116 heavy (non-hydrogen) atoms. The van der Waals surface area contributed by atoms with Gasteiger partial charge in [-0.1, -0.05) is 272 Å². The number of ether oxygens (including phenoxy) is 1. The zero-order valence-corrected chi connectivity index (χ0v) is 79.4. The molecule has 0 amide bonds. The summed E-state index contributed by atoms with van der Waals surface area (Å²) in [5.41, 5.74) is 19.2. The maximum atomic E-state index is 6.06. The summed E-state index contributed by atoms with van der Waals surface area (Å²) < 4.78 is 6.06. The Balaban J connectivity index is 0.000000106. The summed E-state index contributed by atoms with van der Waals surface area (Å²) in [5.74, 6) is 13.0. The molecule has 1 aromatic rings. The highest BCUT2D eigenvalue weighted by molar-refractivity contribution is 5.35. The van der Waals surface area contributed by atoms with E-state index in [9.17, 15) is 0 Å². The molecular weight excluding hydrogens is 1400 g/mol. The van der Waals surface area contributed by atoms with Crippen molar-refractivity contribution in [1.29, 1.82) is 0 Å². The molecule has 19 unspecified atom stereocenters. The van der Waals surface area contributed by atoms with Crippen LogP contribution >= 0.6 is 0 Å². The summed E-state index contributed by atoms with van der Waals surface area (Å²) in [7, 11) is 0. The number of allylic oxidation sites excluding steroid dienone is 14. The summed E-state index contributed by atoms with van der Waals surface area (Å²) in [6.07, 6.45) is 92.8. The molecule has 1 aliphatic heterocycles. The molecule has 12 fully saturated rings. The first-order chi connectivity index (χ1) is 55.2. The fourth-order valence-corrected chi connectivity index (χ4v) is 35.9. The van der Waals surface area contributed by atoms with Crippen LogP contribution in [0.1, 0.15) is 450 Å². The number of aryl methyl sites for hydroxylation is 1. The summed E-state index contributed by atoms with van der Waals surface area (Å²) in [6, 6.07) is 9.12. The Hall–Kier alpha value is -2.64. The molecule has 11 saturated carbocycles. The zero-order chi connectivity index (χ0) is 82.0. The largest absolute Gasteiger partial charge is 0.378 e. The molecule has 20 aliphatic rings. The van der Waals surface area contributed by atoms with Gasteiger partial charge in [-0.25, -0.2) is 0 Å². The number of rotatable bonds is 0. The maximum Gasteiger partial charge on any atom is 0.0608 e. The van der Waals surface area contributed by atoms with Gasteiger partial charge < -0.3 is 4.74 Å². The van der Waals surface area contributed by atoms with Gasteiger partial charge in [0, 0.05) is 6.61 Å². The summed E-state index contributed by atoms with van der Waals surface area (Å²) in [4.78, 5) is 0. The molecule has 21 atom stereocenters. The van der Waals surface area contributed by atoms with Crippen molar-refractivity contribution in [3.63, 3.8) is 0 Å². The average molecular weight is 1580 g/mol. The number of benzene rings is 1. The number of hydrogen-bond acceptors (Lipinski definition) is 1. The molecule has 0 spiro atoms. The zero-order valence-electron chi connectivity index (χ0n) is 79.4. The molecule has 0 N–H and O–H groups in total. The van der Waals surface area contributed by atoms with Crippen molar-refractivity contribution in [2.24, 2.45) is 142 Å². The Morgan fingerprint density at radius 3 is 1.09 bits per heavy atom. The third-order valence-corrected chi connectivity index (χ3v) is 41.5. The van der Waals surface area contributed by atoms with Crippen molar-refractivity contribution in [1.82, 2.24) is 0 Å². The summed E-state index contributed by atoms with van der Waals surface area (Å²) in [5, 5.41) is 0. The molecule has 21 rings (SSSR count). The third-order valence-electron chi connectivity index (χ3n) is 41.5. The third kappa shape index (κ3) is 17.3. The fraction of sp³-hybridized carbons (Fsp3) is 0.826. The second kappa shape index (κ2) is 35.1. The van der Waals surface area contributed by atoms with Crippen LogP contribution in [0.15, 0.2) is 107 Å². The van der Waals surface area contributed by atoms with Crippen LogP contribution in [0, 0.1) is 142 Å². The molecule has 0 aromatic heterocycles. The summed E-state index contributed by atoms with van der Waals surface area (Å²) >= 11 is 0. The van der Waals surface area contributed by atoms with E-state index >= 15 is 0 Å². The van der Waals surface area contributed by atoms with E-state index in [1.165, 1.54) is 315 Å². The SMILES string of the molecule is CC1(C)CCCC2(C)C3CCC=CC3=CCC12.CC1(C)CCCC2(C)C3CCC=CC3=CCC12.CC1(C)CCCC2(C)C3CCCC=C3CCC12.CC1(C)CCCC2(C)C3CCCC=C3CCC12.CC1(C)CCCC2(C)C3CCCOC3CCC12.CC1(C)CCC[C@]2(C)C1CCC1=CCCC[C@H]12.c1ccc2c(c1)CCC1CCCCC21. The molecule has 1 heteroatoms. The minimum Gasteiger partial charge on any atom is -0.378 e. The monoisotopic (exact) mass is 1580 g/mol. The van der Waals surface area contributed by atoms with Gasteiger partial charge in [0.15, 0.2) is 0 Å². The topological polar surface area (TPSA) is 9.23 Å². The van der Waals surface area contributed by atoms with Crippen LogP contribution in [0.3, 0.4) is 0 Å². The van der Waals surface area contributed by atoms with Crippen molar-refractivity contribution < 1.29 is 4.74 Å². The van der Waals surface area contributed by atoms with Gasteiger partial charge >= 0.3 is 0 Å². The molecule has 1 aromatic carbocycles. The molecule has 19 aliphatic carbocycles. The van der Waals surface area contributed by atoms with E-state index in [1.54, 1.807) is 22.3 Å². The highest BCUT2D eigenvalue weighted by Gasteiger charge is 2.60. The fourth-order valence-electron chi connectivity index (χ4n) is 35.9. The highest BCUT2D eigenvalue weighted by Crippen LogP contribution is 2.69. The van der Waals surface area contributed by atoms with Crippen LogP contribution in [-0.4, -0.2) is 12.7 Å². The smallest absolute Gasteiger partial charge is 0.0608 e. The van der Waals surface area contributed by atoms with Crippen molar-refractivity contribution in [3.05, 3.63) is 118 Å². The van der Waals surface area contributed by atoms with E-state index in [-0.39, 0.29) is 0 Å². The van der Waals surface area contributed by atoms with Crippen LogP contribution in [-0.2, 0) is 11.2 Å². The second-order valence-corrected chi connectivity index (χ2v) is 50.4. The Bertz CT molecular complexity index is 3480.